The van der Waals surface area contributed by atoms with Gasteiger partial charge in [-0.2, -0.15) is 26.3 Å². The number of ether oxygens (including phenoxy) is 1. The number of H-pyrrole nitrogens is 1. The Kier molecular flexibility index (Phi) is 6.90. The first-order valence-electron chi connectivity index (χ1n) is 12.6. The lowest BCUT2D eigenvalue weighted by Gasteiger charge is -2.44. The number of hydrogen-bond donors (Lipinski definition) is 3. The van der Waals surface area contributed by atoms with Crippen LogP contribution in [0.5, 0.6) is 0 Å². The Morgan fingerprint density at radius 3 is 2.21 bits per heavy atom. The fraction of sp³-hybridized carbons (Fsp3) is 0.276. The molecule has 222 valence electrons. The molecule has 2 heterocycles. The molecule has 1 aliphatic heterocycles. The molecule has 3 N–H and O–H groups in total. The number of amides is 1. The zero-order valence-corrected chi connectivity index (χ0v) is 22.2. The van der Waals surface area contributed by atoms with Crippen LogP contribution in [-0.4, -0.2) is 22.7 Å². The quantitative estimate of drug-likeness (QED) is 0.207. The van der Waals surface area contributed by atoms with Crippen molar-refractivity contribution in [2.45, 2.75) is 50.7 Å². The topological polar surface area (TPSA) is 66.1 Å². The van der Waals surface area contributed by atoms with Crippen molar-refractivity contribution in [3.63, 3.8) is 0 Å². The molecular weight excluding hydrogens is 574 g/mol. The molecule has 0 spiro atoms. The summed E-state index contributed by atoms with van der Waals surface area (Å²) in [6, 6.07) is 8.43. The number of para-hydroxylation sites is 1. The van der Waals surface area contributed by atoms with Crippen molar-refractivity contribution in [3.8, 4) is 11.1 Å². The molecule has 0 fully saturated rings. The number of rotatable bonds is 3. The zero-order chi connectivity index (χ0) is 30.8. The SMILES string of the molecule is C[C@H]1c2c(cc(F)c(-c3cccc4cc[nH]c34)c2F)NC(C)(C)[C@@H]1OC(=O)Nc1cc(C(F)(F)F)cc(C(F)(F)F)c1. The van der Waals surface area contributed by atoms with Gasteiger partial charge in [-0.15, -0.1) is 0 Å². The number of fused-ring (bicyclic) bond motifs is 2. The third-order valence-corrected chi connectivity index (χ3v) is 7.26. The number of aromatic nitrogens is 1. The lowest BCUT2D eigenvalue weighted by molar-refractivity contribution is -0.143. The molecular formula is C29H23F8N3O2. The van der Waals surface area contributed by atoms with E-state index in [-0.39, 0.29) is 28.4 Å². The summed E-state index contributed by atoms with van der Waals surface area (Å²) in [5, 5.41) is 5.59. The van der Waals surface area contributed by atoms with Gasteiger partial charge >= 0.3 is 18.4 Å². The van der Waals surface area contributed by atoms with Crippen LogP contribution in [0.1, 0.15) is 43.4 Å². The molecule has 3 aromatic carbocycles. The summed E-state index contributed by atoms with van der Waals surface area (Å²) >= 11 is 0. The molecule has 0 saturated heterocycles. The van der Waals surface area contributed by atoms with E-state index in [1.807, 2.05) is 5.32 Å². The van der Waals surface area contributed by atoms with Crippen LogP contribution in [0.4, 0.5) is 51.3 Å². The van der Waals surface area contributed by atoms with E-state index in [2.05, 4.69) is 10.3 Å². The van der Waals surface area contributed by atoms with Gasteiger partial charge in [0, 0.05) is 34.6 Å². The van der Waals surface area contributed by atoms with E-state index in [9.17, 15) is 31.1 Å². The highest BCUT2D eigenvalue weighted by atomic mass is 19.4. The predicted octanol–water partition coefficient (Wildman–Crippen LogP) is 9.08. The van der Waals surface area contributed by atoms with Gasteiger partial charge in [-0.05, 0) is 49.6 Å². The fourth-order valence-electron chi connectivity index (χ4n) is 5.46. The van der Waals surface area contributed by atoms with Gasteiger partial charge in [-0.1, -0.05) is 25.1 Å². The van der Waals surface area contributed by atoms with Crippen LogP contribution in [0.15, 0.2) is 54.7 Å². The van der Waals surface area contributed by atoms with Gasteiger partial charge in [-0.3, -0.25) is 5.32 Å². The number of aromatic amines is 1. The van der Waals surface area contributed by atoms with Gasteiger partial charge in [0.15, 0.2) is 0 Å². The van der Waals surface area contributed by atoms with E-state index in [0.717, 1.165) is 11.5 Å². The summed E-state index contributed by atoms with van der Waals surface area (Å²) in [6.07, 6.45) is -11.2. The minimum atomic E-state index is -5.12. The molecule has 1 aromatic heterocycles. The summed E-state index contributed by atoms with van der Waals surface area (Å²) in [6.45, 7) is 4.66. The summed E-state index contributed by atoms with van der Waals surface area (Å²) < 4.78 is 116. The number of carbonyl (C=O) groups excluding carboxylic acids is 1. The van der Waals surface area contributed by atoms with Crippen LogP contribution in [0.2, 0.25) is 0 Å². The molecule has 4 aromatic rings. The van der Waals surface area contributed by atoms with Crippen molar-refractivity contribution in [1.29, 1.82) is 0 Å². The van der Waals surface area contributed by atoms with Crippen LogP contribution in [-0.2, 0) is 17.1 Å². The molecule has 0 radical (unpaired) electrons. The molecule has 13 heteroatoms. The normalized spacial score (nSPS) is 18.4. The van der Waals surface area contributed by atoms with Crippen molar-refractivity contribution in [2.24, 2.45) is 0 Å². The van der Waals surface area contributed by atoms with E-state index in [1.54, 1.807) is 44.3 Å². The van der Waals surface area contributed by atoms with E-state index in [1.165, 1.54) is 6.92 Å². The highest BCUT2D eigenvalue weighted by Crippen LogP contribution is 2.46. The third kappa shape index (κ3) is 5.23. The first-order valence-corrected chi connectivity index (χ1v) is 12.6. The van der Waals surface area contributed by atoms with Crippen molar-refractivity contribution < 1.29 is 44.7 Å². The molecule has 5 nitrogen and oxygen atoms in total. The Balaban J connectivity index is 1.49. The second kappa shape index (κ2) is 9.92. The van der Waals surface area contributed by atoms with E-state index < -0.39 is 64.5 Å². The van der Waals surface area contributed by atoms with Crippen LogP contribution >= 0.6 is 0 Å². The van der Waals surface area contributed by atoms with Gasteiger partial charge in [-0.25, -0.2) is 13.6 Å². The van der Waals surface area contributed by atoms with Crippen LogP contribution in [0, 0.1) is 11.6 Å². The number of anilines is 2. The largest absolute Gasteiger partial charge is 0.443 e. The number of hydrogen-bond acceptors (Lipinski definition) is 3. The Hall–Kier alpha value is -4.29. The number of carbonyl (C=O) groups is 1. The minimum absolute atomic E-state index is 0.00879. The first-order chi connectivity index (χ1) is 19.5. The molecule has 5 rings (SSSR count). The van der Waals surface area contributed by atoms with Gasteiger partial charge in [0.05, 0.1) is 27.7 Å². The number of halogens is 8. The Bertz CT molecular complexity index is 1660. The molecule has 0 unspecified atom stereocenters. The molecule has 0 saturated carbocycles. The highest BCUT2D eigenvalue weighted by Gasteiger charge is 2.45. The highest BCUT2D eigenvalue weighted by molar-refractivity contribution is 5.95. The average molecular weight is 598 g/mol. The maximum atomic E-state index is 16.1. The van der Waals surface area contributed by atoms with Crippen LogP contribution < -0.4 is 10.6 Å². The second-order valence-electron chi connectivity index (χ2n) is 10.6. The maximum Gasteiger partial charge on any atom is 0.416 e. The lowest BCUT2D eigenvalue weighted by Crippen LogP contribution is -2.52. The smallest absolute Gasteiger partial charge is 0.416 e. The van der Waals surface area contributed by atoms with Gasteiger partial charge in [0.25, 0.3) is 0 Å². The molecule has 0 bridgehead atoms. The molecule has 2 atom stereocenters. The monoisotopic (exact) mass is 597 g/mol. The number of nitrogens with one attached hydrogen (secondary N) is 3. The summed E-state index contributed by atoms with van der Waals surface area (Å²) in [5.41, 5.74) is -4.66. The summed E-state index contributed by atoms with van der Waals surface area (Å²) in [4.78, 5) is 15.8. The predicted molar refractivity (Wildman–Crippen MR) is 140 cm³/mol. The maximum absolute atomic E-state index is 16.1. The standard InChI is InChI=1S/C29H23F8N3O2/c1-13-21-20(12-19(30)22(23(21)31)18-6-4-5-14-7-8-38-24(14)18)40-27(2,3)25(13)42-26(41)39-17-10-15(28(32,33)34)9-16(11-17)29(35,36)37/h4-13,25,38,40H,1-3H3,(H,39,41)/t13-,25+/m0/s1. The zero-order valence-electron chi connectivity index (χ0n) is 22.2. The Morgan fingerprint density at radius 2 is 1.60 bits per heavy atom. The molecule has 42 heavy (non-hydrogen) atoms. The van der Waals surface area contributed by atoms with Gasteiger partial charge in [0.2, 0.25) is 0 Å². The second-order valence-corrected chi connectivity index (χ2v) is 10.6. The number of benzene rings is 3. The Morgan fingerprint density at radius 1 is 0.952 bits per heavy atom. The molecule has 0 aliphatic carbocycles. The van der Waals surface area contributed by atoms with Crippen molar-refractivity contribution >= 4 is 28.4 Å². The number of alkyl halides is 6. The summed E-state index contributed by atoms with van der Waals surface area (Å²) in [5.74, 6) is -2.67. The Labute approximate surface area is 233 Å². The lowest BCUT2D eigenvalue weighted by atomic mass is 9.77. The fourth-order valence-corrected chi connectivity index (χ4v) is 5.46. The van der Waals surface area contributed by atoms with Crippen molar-refractivity contribution in [2.75, 3.05) is 10.6 Å². The molecule has 1 aliphatic rings. The van der Waals surface area contributed by atoms with Gasteiger partial charge in [0.1, 0.15) is 17.7 Å². The molecule has 1 amide bonds. The average Bonchev–Trinajstić information content (AvgIpc) is 3.34. The summed E-state index contributed by atoms with van der Waals surface area (Å²) in [7, 11) is 0. The van der Waals surface area contributed by atoms with Crippen LogP contribution in [0.25, 0.3) is 22.0 Å². The van der Waals surface area contributed by atoms with Crippen molar-refractivity contribution in [3.05, 3.63) is 83.1 Å². The van der Waals surface area contributed by atoms with E-state index in [0.29, 0.717) is 17.6 Å². The third-order valence-electron chi connectivity index (χ3n) is 7.26. The van der Waals surface area contributed by atoms with Gasteiger partial charge < -0.3 is 15.0 Å². The van der Waals surface area contributed by atoms with Crippen LogP contribution in [0.3, 0.4) is 0 Å². The van der Waals surface area contributed by atoms with Crippen molar-refractivity contribution in [1.82, 2.24) is 4.98 Å². The van der Waals surface area contributed by atoms with E-state index >= 15 is 8.78 Å². The van der Waals surface area contributed by atoms with E-state index in [4.69, 9.17) is 4.74 Å². The first kappa shape index (κ1) is 29.2. The minimum Gasteiger partial charge on any atom is -0.443 e.